The van der Waals surface area contributed by atoms with Crippen LogP contribution in [0.15, 0.2) is 6.07 Å². The van der Waals surface area contributed by atoms with Crippen LogP contribution in [0.3, 0.4) is 0 Å². The Bertz CT molecular complexity index is 480. The zero-order valence-electron chi connectivity index (χ0n) is 9.75. The molecule has 1 rings (SSSR count). The summed E-state index contributed by atoms with van der Waals surface area (Å²) >= 11 is 1.63. The summed E-state index contributed by atoms with van der Waals surface area (Å²) in [7, 11) is 1.18. The predicted octanol–water partition coefficient (Wildman–Crippen LogP) is 1.76. The third-order valence-corrected chi connectivity index (χ3v) is 3.17. The fraction of sp³-hybridized carbons (Fsp3) is 0.400. The lowest BCUT2D eigenvalue weighted by Crippen LogP contribution is -2.20. The number of halogens is 4. The maximum Gasteiger partial charge on any atom is 0.573 e. The molecule has 0 saturated carbocycles. The van der Waals surface area contributed by atoms with Gasteiger partial charge < -0.3 is 15.2 Å². The highest BCUT2D eigenvalue weighted by Gasteiger charge is 2.33. The van der Waals surface area contributed by atoms with Crippen molar-refractivity contribution in [3.05, 3.63) is 21.0 Å². The summed E-state index contributed by atoms with van der Waals surface area (Å²) in [4.78, 5) is 15.2. The number of carbonyl (C=O) groups excluding carboxylic acids is 1. The van der Waals surface area contributed by atoms with Gasteiger partial charge in [-0.2, -0.15) is 0 Å². The van der Waals surface area contributed by atoms with E-state index < -0.39 is 18.1 Å². The van der Waals surface area contributed by atoms with Crippen molar-refractivity contribution in [2.45, 2.75) is 19.3 Å². The number of esters is 1. The van der Waals surface area contributed by atoms with Crippen molar-refractivity contribution >= 4 is 28.6 Å². The van der Waals surface area contributed by atoms with Crippen molar-refractivity contribution in [2.75, 3.05) is 7.11 Å². The van der Waals surface area contributed by atoms with Crippen LogP contribution in [0.2, 0.25) is 0 Å². The van der Waals surface area contributed by atoms with E-state index in [9.17, 15) is 18.0 Å². The van der Waals surface area contributed by atoms with Crippen LogP contribution in [0, 0.1) is 3.57 Å². The van der Waals surface area contributed by atoms with Crippen LogP contribution in [-0.2, 0) is 22.5 Å². The molecule has 0 aromatic carbocycles. The Kier molecular flexibility index (Phi) is 5.35. The highest BCUT2D eigenvalue weighted by Crippen LogP contribution is 2.30. The molecule has 0 bridgehead atoms. The Hall–Kier alpha value is -1.10. The molecule has 0 atom stereocenters. The van der Waals surface area contributed by atoms with Crippen LogP contribution in [-0.4, -0.2) is 24.4 Å². The number of methoxy groups -OCH3 is 1. The quantitative estimate of drug-likeness (QED) is 0.627. The Labute approximate surface area is 120 Å². The first-order valence-electron chi connectivity index (χ1n) is 4.97. The molecule has 0 unspecified atom stereocenters. The molecular formula is C10H10F3IN2O3. The number of hydrogen-bond acceptors (Lipinski definition) is 5. The average Bonchev–Trinajstić information content (AvgIpc) is 2.32. The highest BCUT2D eigenvalue weighted by molar-refractivity contribution is 14.1. The topological polar surface area (TPSA) is 74.4 Å². The second-order valence-corrected chi connectivity index (χ2v) is 4.46. The summed E-state index contributed by atoms with van der Waals surface area (Å²) in [5.41, 5.74) is 5.67. The van der Waals surface area contributed by atoms with E-state index in [4.69, 9.17) is 5.73 Å². The number of nitrogens with two attached hydrogens (primary N) is 1. The third kappa shape index (κ3) is 4.82. The predicted molar refractivity (Wildman–Crippen MR) is 67.2 cm³/mol. The van der Waals surface area contributed by atoms with Crippen molar-refractivity contribution in [3.63, 3.8) is 0 Å². The van der Waals surface area contributed by atoms with Gasteiger partial charge in [-0.15, -0.1) is 13.2 Å². The summed E-state index contributed by atoms with van der Waals surface area (Å²) in [5.74, 6) is -1.04. The lowest BCUT2D eigenvalue weighted by atomic mass is 10.2. The number of nitrogens with zero attached hydrogens (tertiary/aromatic N) is 1. The Morgan fingerprint density at radius 1 is 1.53 bits per heavy atom. The molecule has 0 amide bonds. The van der Waals surface area contributed by atoms with Gasteiger partial charge in [-0.05, 0) is 22.6 Å². The highest BCUT2D eigenvalue weighted by atomic mass is 127. The van der Waals surface area contributed by atoms with E-state index in [1.54, 1.807) is 22.6 Å². The van der Waals surface area contributed by atoms with E-state index in [2.05, 4.69) is 14.5 Å². The molecule has 0 aliphatic carbocycles. The van der Waals surface area contributed by atoms with Gasteiger partial charge >= 0.3 is 12.3 Å². The monoisotopic (exact) mass is 390 g/mol. The summed E-state index contributed by atoms with van der Waals surface area (Å²) < 4.78 is 45.2. The fourth-order valence-electron chi connectivity index (χ4n) is 1.24. The molecule has 9 heteroatoms. The first-order valence-corrected chi connectivity index (χ1v) is 6.05. The number of ether oxygens (including phenoxy) is 2. The molecule has 19 heavy (non-hydrogen) atoms. The van der Waals surface area contributed by atoms with Gasteiger partial charge in [0.05, 0.1) is 28.5 Å². The van der Waals surface area contributed by atoms with E-state index >= 15 is 0 Å². The van der Waals surface area contributed by atoms with E-state index in [0.717, 1.165) is 6.07 Å². The molecule has 0 fully saturated rings. The van der Waals surface area contributed by atoms with Gasteiger partial charge in [0.1, 0.15) is 5.75 Å². The lowest BCUT2D eigenvalue weighted by Gasteiger charge is -2.14. The number of pyridine rings is 1. The molecule has 5 nitrogen and oxygen atoms in total. The normalized spacial score (nSPS) is 11.3. The van der Waals surface area contributed by atoms with Gasteiger partial charge in [-0.25, -0.2) is 0 Å². The maximum atomic E-state index is 12.2. The van der Waals surface area contributed by atoms with E-state index in [-0.39, 0.29) is 27.9 Å². The van der Waals surface area contributed by atoms with Gasteiger partial charge in [0, 0.05) is 12.6 Å². The minimum atomic E-state index is -4.82. The van der Waals surface area contributed by atoms with Crippen molar-refractivity contribution in [1.29, 1.82) is 0 Å². The molecule has 2 N–H and O–H groups in total. The summed E-state index contributed by atoms with van der Waals surface area (Å²) in [6.07, 6.45) is -5.08. The first kappa shape index (κ1) is 16.0. The standard InChI is InChI=1S/C10H10F3IN2O3/c1-18-8(17)3-6-9(14)7(19-10(11,12)13)2-5(4-15)16-6/h2H,3-4,15H2,1H3. The average molecular weight is 390 g/mol. The van der Waals surface area contributed by atoms with Crippen molar-refractivity contribution in [2.24, 2.45) is 5.73 Å². The largest absolute Gasteiger partial charge is 0.573 e. The molecule has 1 heterocycles. The van der Waals surface area contributed by atoms with E-state index in [1.165, 1.54) is 7.11 Å². The molecule has 0 radical (unpaired) electrons. The molecule has 0 saturated heterocycles. The lowest BCUT2D eigenvalue weighted by molar-refractivity contribution is -0.275. The van der Waals surface area contributed by atoms with Gasteiger partial charge in [0.25, 0.3) is 0 Å². The van der Waals surface area contributed by atoms with Gasteiger partial charge in [0.2, 0.25) is 0 Å². The number of aromatic nitrogens is 1. The van der Waals surface area contributed by atoms with Crippen LogP contribution in [0.5, 0.6) is 5.75 Å². The second kappa shape index (κ2) is 6.37. The summed E-state index contributed by atoms with van der Waals surface area (Å²) in [5, 5.41) is 0. The SMILES string of the molecule is COC(=O)Cc1nc(CN)cc(OC(F)(F)F)c1I. The third-order valence-electron chi connectivity index (χ3n) is 2.02. The van der Waals surface area contributed by atoms with Crippen LogP contribution in [0.4, 0.5) is 13.2 Å². The smallest absolute Gasteiger partial charge is 0.469 e. The summed E-state index contributed by atoms with van der Waals surface area (Å²) in [6, 6.07) is 1.09. The number of hydrogen-bond donors (Lipinski definition) is 1. The van der Waals surface area contributed by atoms with E-state index in [0.29, 0.717) is 0 Å². The molecule has 1 aromatic heterocycles. The Morgan fingerprint density at radius 2 is 2.16 bits per heavy atom. The van der Waals surface area contributed by atoms with Crippen LogP contribution in [0.1, 0.15) is 11.4 Å². The Morgan fingerprint density at radius 3 is 2.63 bits per heavy atom. The molecule has 0 aliphatic rings. The second-order valence-electron chi connectivity index (χ2n) is 3.38. The molecule has 0 aliphatic heterocycles. The van der Waals surface area contributed by atoms with Crippen LogP contribution in [0.25, 0.3) is 0 Å². The molecular weight excluding hydrogens is 380 g/mol. The summed E-state index contributed by atoms with van der Waals surface area (Å²) in [6.45, 7) is -0.0701. The van der Waals surface area contributed by atoms with Gasteiger partial charge in [-0.3, -0.25) is 9.78 Å². The maximum absolute atomic E-state index is 12.2. The van der Waals surface area contributed by atoms with E-state index in [1.807, 2.05) is 0 Å². The zero-order valence-corrected chi connectivity index (χ0v) is 11.9. The Balaban J connectivity index is 3.17. The van der Waals surface area contributed by atoms with Crippen molar-refractivity contribution in [1.82, 2.24) is 4.98 Å². The minimum absolute atomic E-state index is 0.0701. The molecule has 0 spiro atoms. The fourth-order valence-corrected chi connectivity index (χ4v) is 1.82. The van der Waals surface area contributed by atoms with Gasteiger partial charge in [0.15, 0.2) is 0 Å². The molecule has 1 aromatic rings. The zero-order chi connectivity index (χ0) is 14.6. The number of carbonyl (C=O) groups is 1. The molecule has 106 valence electrons. The minimum Gasteiger partial charge on any atom is -0.469 e. The van der Waals surface area contributed by atoms with Crippen molar-refractivity contribution < 1.29 is 27.4 Å². The van der Waals surface area contributed by atoms with Crippen LogP contribution >= 0.6 is 22.6 Å². The number of alkyl halides is 3. The van der Waals surface area contributed by atoms with Gasteiger partial charge in [-0.1, -0.05) is 0 Å². The van der Waals surface area contributed by atoms with Crippen molar-refractivity contribution in [3.8, 4) is 5.75 Å². The number of rotatable bonds is 4. The van der Waals surface area contributed by atoms with Crippen LogP contribution < -0.4 is 10.5 Å². The first-order chi connectivity index (χ1) is 8.76.